The number of likely N-dealkylation sites (N-methyl/N-ethyl adjacent to an activating group) is 1. The van der Waals surface area contributed by atoms with E-state index in [1.165, 1.54) is 53.4 Å². The monoisotopic (exact) mass is 388 g/mol. The second-order valence-corrected chi connectivity index (χ2v) is 8.15. The number of hydrogen-bond acceptors (Lipinski definition) is 4. The quantitative estimate of drug-likeness (QED) is 0.486. The molecule has 0 atom stereocenters. The molecule has 5 heteroatoms. The van der Waals surface area contributed by atoms with Crippen molar-refractivity contribution in [1.29, 1.82) is 0 Å². The molecular formula is C24H28N4O. The highest BCUT2D eigenvalue weighted by Crippen LogP contribution is 2.33. The van der Waals surface area contributed by atoms with Gasteiger partial charge in [0.25, 0.3) is 0 Å². The fourth-order valence-corrected chi connectivity index (χ4v) is 4.39. The van der Waals surface area contributed by atoms with Crippen LogP contribution in [0, 0.1) is 0 Å². The van der Waals surface area contributed by atoms with Crippen molar-refractivity contribution in [3.8, 4) is 5.75 Å². The molecule has 150 valence electrons. The number of hydrogen-bond donors (Lipinski definition) is 0. The molecule has 29 heavy (non-hydrogen) atoms. The van der Waals surface area contributed by atoms with Gasteiger partial charge in [0.2, 0.25) is 0 Å². The van der Waals surface area contributed by atoms with Crippen molar-refractivity contribution in [3.05, 3.63) is 48.7 Å². The molecular weight excluding hydrogens is 360 g/mol. The number of nitrogens with zero attached hydrogens (tertiary/aromatic N) is 4. The van der Waals surface area contributed by atoms with E-state index in [2.05, 4.69) is 69.8 Å². The van der Waals surface area contributed by atoms with E-state index in [4.69, 9.17) is 4.74 Å². The summed E-state index contributed by atoms with van der Waals surface area (Å²) < 4.78 is 8.37. The first-order valence-electron chi connectivity index (χ1n) is 10.5. The van der Waals surface area contributed by atoms with Crippen LogP contribution in [0.3, 0.4) is 0 Å². The molecule has 0 aliphatic carbocycles. The minimum atomic E-state index is 0.757. The van der Waals surface area contributed by atoms with Crippen LogP contribution in [0.15, 0.2) is 48.7 Å². The Bertz CT molecular complexity index is 1160. The first-order valence-corrected chi connectivity index (χ1v) is 10.5. The third-order valence-electron chi connectivity index (χ3n) is 6.18. The molecule has 0 radical (unpaired) electrons. The topological polar surface area (TPSA) is 33.5 Å². The van der Waals surface area contributed by atoms with Crippen LogP contribution in [-0.2, 0) is 7.05 Å². The first-order chi connectivity index (χ1) is 14.2. The Morgan fingerprint density at radius 1 is 0.931 bits per heavy atom. The van der Waals surface area contributed by atoms with Crippen molar-refractivity contribution in [1.82, 2.24) is 19.4 Å². The highest BCUT2D eigenvalue weighted by Gasteiger charge is 2.13. The molecule has 5 nitrogen and oxygen atoms in total. The molecule has 4 aromatic rings. The zero-order chi connectivity index (χ0) is 19.8. The lowest BCUT2D eigenvalue weighted by Crippen LogP contribution is -2.44. The van der Waals surface area contributed by atoms with Crippen LogP contribution >= 0.6 is 0 Å². The van der Waals surface area contributed by atoms with Crippen LogP contribution in [0.4, 0.5) is 0 Å². The SMILES string of the molecule is CN1CCN(CCCOc2ccc3c(c2)c2cc4ncccc4cc2n3C)CC1. The first kappa shape index (κ1) is 18.4. The third kappa shape index (κ3) is 3.56. The summed E-state index contributed by atoms with van der Waals surface area (Å²) in [6, 6.07) is 15.0. The predicted molar refractivity (Wildman–Crippen MR) is 120 cm³/mol. The lowest BCUT2D eigenvalue weighted by molar-refractivity contribution is 0.145. The average Bonchev–Trinajstić information content (AvgIpc) is 3.02. The Balaban J connectivity index is 1.34. The Kier molecular flexibility index (Phi) is 4.86. The summed E-state index contributed by atoms with van der Waals surface area (Å²) in [7, 11) is 4.33. The summed E-state index contributed by atoms with van der Waals surface area (Å²) in [5, 5.41) is 3.63. The van der Waals surface area contributed by atoms with Gasteiger partial charge in [-0.2, -0.15) is 0 Å². The van der Waals surface area contributed by atoms with Gasteiger partial charge in [0.05, 0.1) is 12.1 Å². The molecule has 0 bridgehead atoms. The molecule has 2 aromatic heterocycles. The van der Waals surface area contributed by atoms with Gasteiger partial charge in [-0.25, -0.2) is 0 Å². The van der Waals surface area contributed by atoms with Gasteiger partial charge >= 0.3 is 0 Å². The molecule has 3 heterocycles. The second kappa shape index (κ2) is 7.65. The van der Waals surface area contributed by atoms with E-state index in [0.29, 0.717) is 0 Å². The van der Waals surface area contributed by atoms with Crippen LogP contribution in [0.25, 0.3) is 32.7 Å². The summed E-state index contributed by atoms with van der Waals surface area (Å²) in [4.78, 5) is 9.46. The van der Waals surface area contributed by atoms with Crippen LogP contribution in [-0.4, -0.2) is 65.7 Å². The van der Waals surface area contributed by atoms with Crippen molar-refractivity contribution in [3.63, 3.8) is 0 Å². The maximum atomic E-state index is 6.11. The number of benzene rings is 2. The van der Waals surface area contributed by atoms with Gasteiger partial charge in [0, 0.05) is 73.2 Å². The van der Waals surface area contributed by atoms with E-state index in [1.54, 1.807) is 0 Å². The number of pyridine rings is 1. The smallest absolute Gasteiger partial charge is 0.120 e. The normalized spacial score (nSPS) is 16.2. The fourth-order valence-electron chi connectivity index (χ4n) is 4.39. The van der Waals surface area contributed by atoms with Gasteiger partial charge in [0.15, 0.2) is 0 Å². The minimum absolute atomic E-state index is 0.757. The second-order valence-electron chi connectivity index (χ2n) is 8.15. The van der Waals surface area contributed by atoms with Crippen LogP contribution in [0.1, 0.15) is 6.42 Å². The van der Waals surface area contributed by atoms with Gasteiger partial charge in [-0.1, -0.05) is 6.07 Å². The van der Waals surface area contributed by atoms with E-state index >= 15 is 0 Å². The van der Waals surface area contributed by atoms with Gasteiger partial charge in [0.1, 0.15) is 5.75 Å². The highest BCUT2D eigenvalue weighted by molar-refractivity contribution is 6.12. The number of fused-ring (bicyclic) bond motifs is 4. The summed E-state index contributed by atoms with van der Waals surface area (Å²) in [6.45, 7) is 6.54. The summed E-state index contributed by atoms with van der Waals surface area (Å²) in [6.07, 6.45) is 2.92. The van der Waals surface area contributed by atoms with Gasteiger partial charge in [-0.05, 0) is 49.9 Å². The number of ether oxygens (including phenoxy) is 1. The van der Waals surface area contributed by atoms with Crippen LogP contribution < -0.4 is 4.74 Å². The summed E-state index contributed by atoms with van der Waals surface area (Å²) >= 11 is 0. The molecule has 0 amide bonds. The zero-order valence-electron chi connectivity index (χ0n) is 17.3. The standard InChI is InChI=1S/C24H28N4O/c1-26-10-12-28(13-11-26)9-4-14-29-19-6-7-23-20(16-19)21-17-22-18(5-3-8-25-22)15-24(21)27(23)2/h3,5-8,15-17H,4,9-14H2,1-2H3. The average molecular weight is 389 g/mol. The molecule has 2 aromatic carbocycles. The molecule has 0 spiro atoms. The maximum absolute atomic E-state index is 6.11. The Labute approximate surface area is 171 Å². The number of piperazine rings is 1. The molecule has 1 fully saturated rings. The Morgan fingerprint density at radius 3 is 2.62 bits per heavy atom. The molecule has 1 aliphatic rings. The van der Waals surface area contributed by atoms with E-state index in [0.717, 1.165) is 30.8 Å². The molecule has 5 rings (SSSR count). The van der Waals surface area contributed by atoms with Crippen LogP contribution in [0.5, 0.6) is 5.75 Å². The Hall–Kier alpha value is -2.63. The fraction of sp³-hybridized carbons (Fsp3) is 0.375. The number of aromatic nitrogens is 2. The molecule has 0 N–H and O–H groups in total. The lowest BCUT2D eigenvalue weighted by Gasteiger charge is -2.32. The predicted octanol–water partition coefficient (Wildman–Crippen LogP) is 3.90. The number of aryl methyl sites for hydroxylation is 1. The van der Waals surface area contributed by atoms with E-state index in [9.17, 15) is 0 Å². The third-order valence-corrected chi connectivity index (χ3v) is 6.18. The zero-order valence-corrected chi connectivity index (χ0v) is 17.3. The van der Waals surface area contributed by atoms with E-state index in [1.807, 2.05) is 12.3 Å². The summed E-state index contributed by atoms with van der Waals surface area (Å²) in [5.41, 5.74) is 3.49. The Morgan fingerprint density at radius 2 is 1.76 bits per heavy atom. The summed E-state index contributed by atoms with van der Waals surface area (Å²) in [5.74, 6) is 0.949. The van der Waals surface area contributed by atoms with Crippen molar-refractivity contribution in [2.45, 2.75) is 6.42 Å². The largest absolute Gasteiger partial charge is 0.494 e. The molecule has 1 aliphatic heterocycles. The van der Waals surface area contributed by atoms with Gasteiger partial charge in [-0.15, -0.1) is 0 Å². The minimum Gasteiger partial charge on any atom is -0.494 e. The number of rotatable bonds is 5. The maximum Gasteiger partial charge on any atom is 0.120 e. The van der Waals surface area contributed by atoms with Crippen molar-refractivity contribution in [2.75, 3.05) is 46.4 Å². The van der Waals surface area contributed by atoms with Crippen molar-refractivity contribution in [2.24, 2.45) is 7.05 Å². The molecule has 0 unspecified atom stereocenters. The van der Waals surface area contributed by atoms with Gasteiger partial charge < -0.3 is 19.1 Å². The van der Waals surface area contributed by atoms with Crippen molar-refractivity contribution < 1.29 is 4.74 Å². The molecule has 1 saturated heterocycles. The highest BCUT2D eigenvalue weighted by atomic mass is 16.5. The molecule has 0 saturated carbocycles. The van der Waals surface area contributed by atoms with E-state index < -0.39 is 0 Å². The van der Waals surface area contributed by atoms with Crippen LogP contribution in [0.2, 0.25) is 0 Å². The lowest BCUT2D eigenvalue weighted by atomic mass is 10.1. The van der Waals surface area contributed by atoms with Gasteiger partial charge in [-0.3, -0.25) is 4.98 Å². The van der Waals surface area contributed by atoms with E-state index in [-0.39, 0.29) is 0 Å². The van der Waals surface area contributed by atoms with Crippen molar-refractivity contribution >= 4 is 32.7 Å².